The Morgan fingerprint density at radius 1 is 1.26 bits per heavy atom. The minimum Gasteiger partial charge on any atom is -0.330 e. The lowest BCUT2D eigenvalue weighted by Gasteiger charge is -2.23. The van der Waals surface area contributed by atoms with Crippen molar-refractivity contribution in [3.63, 3.8) is 0 Å². The van der Waals surface area contributed by atoms with Gasteiger partial charge in [0.05, 0.1) is 0 Å². The summed E-state index contributed by atoms with van der Waals surface area (Å²) < 4.78 is 0. The molecular weight excluding hydrogens is 281 g/mol. The molecule has 0 bridgehead atoms. The van der Waals surface area contributed by atoms with E-state index >= 15 is 0 Å². The predicted octanol–water partition coefficient (Wildman–Crippen LogP) is 4.26. The second-order valence-corrected chi connectivity index (χ2v) is 6.50. The lowest BCUT2D eigenvalue weighted by Crippen LogP contribution is -2.18. The normalized spacial score (nSPS) is 11.6. The first-order chi connectivity index (χ1) is 8.84. The first-order valence-corrected chi connectivity index (χ1v) is 7.25. The highest BCUT2D eigenvalue weighted by atomic mass is 35.5. The van der Waals surface area contributed by atoms with Crippen molar-refractivity contribution in [2.75, 3.05) is 6.54 Å². The number of nitrogens with two attached hydrogens (primary N) is 1. The Morgan fingerprint density at radius 2 is 1.95 bits per heavy atom. The van der Waals surface area contributed by atoms with Gasteiger partial charge in [-0.05, 0) is 42.5 Å². The average Bonchev–Trinajstić information content (AvgIpc) is 2.30. The van der Waals surface area contributed by atoms with Crippen LogP contribution in [0.1, 0.15) is 38.7 Å². The Balaban J connectivity index is 2.52. The maximum absolute atomic E-state index is 12.0. The lowest BCUT2D eigenvalue weighted by atomic mass is 9.83. The number of benzene rings is 1. The van der Waals surface area contributed by atoms with Gasteiger partial charge < -0.3 is 5.73 Å². The quantitative estimate of drug-likeness (QED) is 0.817. The van der Waals surface area contributed by atoms with Crippen molar-refractivity contribution in [2.24, 2.45) is 11.1 Å². The van der Waals surface area contributed by atoms with Crippen molar-refractivity contribution in [1.29, 1.82) is 0 Å². The predicted molar refractivity (Wildman–Crippen MR) is 81.9 cm³/mol. The molecule has 0 radical (unpaired) electrons. The van der Waals surface area contributed by atoms with Gasteiger partial charge in [0.25, 0.3) is 0 Å². The molecule has 0 unspecified atom stereocenters. The number of carbonyl (C=O) groups excluding carboxylic acids is 1. The number of hydrogen-bond donors (Lipinski definition) is 1. The molecule has 0 aliphatic carbocycles. The van der Waals surface area contributed by atoms with Crippen LogP contribution in [0, 0.1) is 5.41 Å². The average molecular weight is 302 g/mol. The Labute approximate surface area is 125 Å². The monoisotopic (exact) mass is 301 g/mol. The van der Waals surface area contributed by atoms with E-state index in [-0.39, 0.29) is 11.2 Å². The molecule has 1 rings (SSSR count). The van der Waals surface area contributed by atoms with Crippen molar-refractivity contribution in [1.82, 2.24) is 0 Å². The molecule has 0 saturated carbocycles. The summed E-state index contributed by atoms with van der Waals surface area (Å²) in [6.07, 6.45) is 2.72. The minimum absolute atomic E-state index is 0.119. The second kappa shape index (κ2) is 7.28. The molecule has 0 spiro atoms. The van der Waals surface area contributed by atoms with Gasteiger partial charge in [-0.25, -0.2) is 0 Å². The fraction of sp³-hybridized carbons (Fsp3) is 0.533. The number of hydrogen-bond acceptors (Lipinski definition) is 2. The summed E-state index contributed by atoms with van der Waals surface area (Å²) in [5, 5.41) is 1.15. The molecule has 19 heavy (non-hydrogen) atoms. The zero-order chi connectivity index (χ0) is 14.5. The van der Waals surface area contributed by atoms with Gasteiger partial charge in [0.2, 0.25) is 0 Å². The van der Waals surface area contributed by atoms with Crippen LogP contribution in [0.4, 0.5) is 0 Å². The minimum atomic E-state index is 0.119. The SMILES string of the molecule is CC(C)(CCN)CCC(=O)Cc1ccc(Cl)cc1Cl. The van der Waals surface area contributed by atoms with Gasteiger partial charge in [-0.3, -0.25) is 4.79 Å². The van der Waals surface area contributed by atoms with Crippen LogP contribution in [0.25, 0.3) is 0 Å². The van der Waals surface area contributed by atoms with Crippen LogP contribution >= 0.6 is 23.2 Å². The van der Waals surface area contributed by atoms with E-state index in [9.17, 15) is 4.79 Å². The summed E-state index contributed by atoms with van der Waals surface area (Å²) in [7, 11) is 0. The molecule has 1 aromatic rings. The maximum atomic E-state index is 12.0. The molecule has 0 heterocycles. The van der Waals surface area contributed by atoms with E-state index in [0.717, 1.165) is 18.4 Å². The third-order valence-electron chi connectivity index (χ3n) is 3.30. The van der Waals surface area contributed by atoms with Crippen LogP contribution in [0.2, 0.25) is 10.0 Å². The third kappa shape index (κ3) is 5.94. The van der Waals surface area contributed by atoms with Crippen molar-refractivity contribution < 1.29 is 4.79 Å². The first-order valence-electron chi connectivity index (χ1n) is 6.50. The molecule has 4 heteroatoms. The summed E-state index contributed by atoms with van der Waals surface area (Å²) >= 11 is 11.9. The van der Waals surface area contributed by atoms with Crippen molar-refractivity contribution in [3.8, 4) is 0 Å². The van der Waals surface area contributed by atoms with Gasteiger partial charge in [-0.2, -0.15) is 0 Å². The number of rotatable bonds is 7. The van der Waals surface area contributed by atoms with Crippen molar-refractivity contribution in [2.45, 2.75) is 39.5 Å². The molecular formula is C15H21Cl2NO. The largest absolute Gasteiger partial charge is 0.330 e. The summed E-state index contributed by atoms with van der Waals surface area (Å²) in [6.45, 7) is 4.94. The van der Waals surface area contributed by atoms with Gasteiger partial charge in [-0.15, -0.1) is 0 Å². The molecule has 0 fully saturated rings. The highest BCUT2D eigenvalue weighted by Gasteiger charge is 2.18. The van der Waals surface area contributed by atoms with E-state index in [1.807, 2.05) is 6.07 Å². The molecule has 2 nitrogen and oxygen atoms in total. The summed E-state index contributed by atoms with van der Waals surface area (Å²) in [4.78, 5) is 12.0. The van der Waals surface area contributed by atoms with E-state index < -0.39 is 0 Å². The fourth-order valence-corrected chi connectivity index (χ4v) is 2.43. The molecule has 0 aliphatic rings. The maximum Gasteiger partial charge on any atom is 0.137 e. The van der Waals surface area contributed by atoms with Crippen LogP contribution in [-0.2, 0) is 11.2 Å². The Hall–Kier alpha value is -0.570. The highest BCUT2D eigenvalue weighted by molar-refractivity contribution is 6.35. The van der Waals surface area contributed by atoms with Crippen molar-refractivity contribution in [3.05, 3.63) is 33.8 Å². The summed E-state index contributed by atoms with van der Waals surface area (Å²) in [5.41, 5.74) is 6.52. The van der Waals surface area contributed by atoms with Crippen LogP contribution in [0.3, 0.4) is 0 Å². The topological polar surface area (TPSA) is 43.1 Å². The molecule has 2 N–H and O–H groups in total. The molecule has 0 saturated heterocycles. The van der Waals surface area contributed by atoms with E-state index in [1.165, 1.54) is 0 Å². The highest BCUT2D eigenvalue weighted by Crippen LogP contribution is 2.27. The molecule has 1 aromatic carbocycles. The van der Waals surface area contributed by atoms with Crippen LogP contribution in [-0.4, -0.2) is 12.3 Å². The van der Waals surface area contributed by atoms with E-state index in [2.05, 4.69) is 13.8 Å². The van der Waals surface area contributed by atoms with Crippen LogP contribution in [0.15, 0.2) is 18.2 Å². The molecule has 0 aromatic heterocycles. The van der Waals surface area contributed by atoms with Gasteiger partial charge >= 0.3 is 0 Å². The Bertz CT molecular complexity index is 444. The summed E-state index contributed by atoms with van der Waals surface area (Å²) in [6, 6.07) is 5.24. The van der Waals surface area contributed by atoms with Crippen LogP contribution in [0.5, 0.6) is 0 Å². The van der Waals surface area contributed by atoms with E-state index in [4.69, 9.17) is 28.9 Å². The zero-order valence-corrected chi connectivity index (χ0v) is 13.0. The van der Waals surface area contributed by atoms with Gasteiger partial charge in [-0.1, -0.05) is 43.1 Å². The first kappa shape index (κ1) is 16.5. The van der Waals surface area contributed by atoms with Gasteiger partial charge in [0, 0.05) is 22.9 Å². The van der Waals surface area contributed by atoms with Crippen molar-refractivity contribution >= 4 is 29.0 Å². The van der Waals surface area contributed by atoms with Crippen LogP contribution < -0.4 is 5.73 Å². The number of ketones is 1. The molecule has 0 atom stereocenters. The molecule has 0 aliphatic heterocycles. The molecule has 0 amide bonds. The number of carbonyl (C=O) groups is 1. The Morgan fingerprint density at radius 3 is 2.53 bits per heavy atom. The number of Topliss-reactive ketones (excluding diaryl/α,β-unsaturated/α-hetero) is 1. The molecule has 106 valence electrons. The summed E-state index contributed by atoms with van der Waals surface area (Å²) in [5.74, 6) is 0.203. The van der Waals surface area contributed by atoms with Gasteiger partial charge in [0.1, 0.15) is 5.78 Å². The smallest absolute Gasteiger partial charge is 0.137 e. The second-order valence-electron chi connectivity index (χ2n) is 5.65. The van der Waals surface area contributed by atoms with E-state index in [0.29, 0.717) is 29.4 Å². The Kier molecular flexibility index (Phi) is 6.31. The third-order valence-corrected chi connectivity index (χ3v) is 3.89. The zero-order valence-electron chi connectivity index (χ0n) is 11.5. The lowest BCUT2D eigenvalue weighted by molar-refractivity contribution is -0.119. The fourth-order valence-electron chi connectivity index (χ4n) is 1.96. The van der Waals surface area contributed by atoms with Gasteiger partial charge in [0.15, 0.2) is 0 Å². The van der Waals surface area contributed by atoms with E-state index in [1.54, 1.807) is 12.1 Å². The standard InChI is InChI=1S/C15H21Cl2NO/c1-15(2,7-8-18)6-5-13(19)9-11-3-4-12(16)10-14(11)17/h3-4,10H,5-9,18H2,1-2H3. The number of halogens is 2.